The zero-order valence-corrected chi connectivity index (χ0v) is 17.5. The van der Waals surface area contributed by atoms with Gasteiger partial charge in [0.2, 0.25) is 5.91 Å². The summed E-state index contributed by atoms with van der Waals surface area (Å²) in [6.07, 6.45) is 2.17. The summed E-state index contributed by atoms with van der Waals surface area (Å²) in [5.74, 6) is 0.539. The van der Waals surface area contributed by atoms with Crippen LogP contribution in [0.5, 0.6) is 0 Å². The molecule has 0 fully saturated rings. The molecule has 6 nitrogen and oxygen atoms in total. The van der Waals surface area contributed by atoms with Crippen LogP contribution in [0.3, 0.4) is 0 Å². The van der Waals surface area contributed by atoms with Crippen molar-refractivity contribution < 1.29 is 4.79 Å². The molecule has 1 aromatic carbocycles. The summed E-state index contributed by atoms with van der Waals surface area (Å²) in [6, 6.07) is 8.18. The molecule has 0 spiro atoms. The number of hydrogen-bond acceptors (Lipinski definition) is 4. The van der Waals surface area contributed by atoms with Crippen molar-refractivity contribution >= 4 is 33.5 Å². The van der Waals surface area contributed by atoms with Gasteiger partial charge in [-0.1, -0.05) is 39.0 Å². The van der Waals surface area contributed by atoms with Gasteiger partial charge in [0.1, 0.15) is 5.52 Å². The summed E-state index contributed by atoms with van der Waals surface area (Å²) in [7, 11) is 0. The number of para-hydroxylation sites is 1. The number of rotatable bonds is 7. The van der Waals surface area contributed by atoms with Gasteiger partial charge in [-0.25, -0.2) is 4.98 Å². The fraction of sp³-hybridized carbons (Fsp3) is 0.500. The average molecular weight is 382 g/mol. The summed E-state index contributed by atoms with van der Waals surface area (Å²) in [5.41, 5.74) is 8.80. The topological polar surface area (TPSA) is 85.8 Å². The molecule has 0 saturated heterocycles. The Labute approximate surface area is 166 Å². The number of amides is 1. The molecule has 3 aromatic rings. The molecule has 3 rings (SSSR count). The number of hydrogen-bond donors (Lipinski definition) is 2. The van der Waals surface area contributed by atoms with Crippen LogP contribution in [-0.2, 0) is 17.8 Å². The van der Waals surface area contributed by atoms with Crippen molar-refractivity contribution in [3.8, 4) is 0 Å². The predicted molar refractivity (Wildman–Crippen MR) is 115 cm³/mol. The van der Waals surface area contributed by atoms with Crippen LogP contribution >= 0.6 is 0 Å². The van der Waals surface area contributed by atoms with Gasteiger partial charge >= 0.3 is 0 Å². The summed E-state index contributed by atoms with van der Waals surface area (Å²) in [5, 5.41) is 9.92. The Morgan fingerprint density at radius 1 is 1.29 bits per heavy atom. The molecule has 28 heavy (non-hydrogen) atoms. The van der Waals surface area contributed by atoms with Crippen molar-refractivity contribution in [3.05, 3.63) is 30.0 Å². The fourth-order valence-electron chi connectivity index (χ4n) is 3.82. The second kappa shape index (κ2) is 7.78. The highest BCUT2D eigenvalue weighted by Gasteiger charge is 2.27. The number of fused-ring (bicyclic) bond motifs is 3. The quantitative estimate of drug-likeness (QED) is 0.646. The Bertz CT molecular complexity index is 1000. The third kappa shape index (κ3) is 4.11. The molecular formula is C22H31N5O. The second-order valence-corrected chi connectivity index (χ2v) is 8.65. The minimum Gasteiger partial charge on any atom is -0.382 e. The number of carbonyl (C=O) groups is 1. The van der Waals surface area contributed by atoms with Crippen LogP contribution in [0.1, 0.15) is 53.2 Å². The van der Waals surface area contributed by atoms with Crippen molar-refractivity contribution in [2.75, 3.05) is 5.73 Å². The number of nitrogen functional groups attached to an aromatic ring is 1. The Balaban J connectivity index is 2.10. The van der Waals surface area contributed by atoms with E-state index < -0.39 is 0 Å². The third-order valence-electron chi connectivity index (χ3n) is 4.88. The number of aromatic nitrogens is 3. The first-order valence-corrected chi connectivity index (χ1v) is 10.0. The monoisotopic (exact) mass is 381 g/mol. The van der Waals surface area contributed by atoms with E-state index in [0.717, 1.165) is 46.9 Å². The first kappa shape index (κ1) is 20.1. The van der Waals surface area contributed by atoms with Gasteiger partial charge in [-0.3, -0.25) is 9.48 Å². The van der Waals surface area contributed by atoms with Gasteiger partial charge in [0.15, 0.2) is 5.82 Å². The standard InChI is InChI=1S/C22H31N5O/c1-6-11-27-17(12-22(4,5)13-18(28)24-14(2)3)19-15-9-7-8-10-16(15)25-21(23)20(19)26-27/h7-10,14H,6,11-13H2,1-5H3,(H2,23,25)(H,24,28). The zero-order chi connectivity index (χ0) is 20.5. The maximum absolute atomic E-state index is 12.4. The van der Waals surface area contributed by atoms with Crippen LogP contribution in [0.25, 0.3) is 21.8 Å². The number of pyridine rings is 1. The minimum atomic E-state index is -0.212. The lowest BCUT2D eigenvalue weighted by atomic mass is 9.83. The molecule has 0 aliphatic heterocycles. The molecule has 150 valence electrons. The molecule has 0 bridgehead atoms. The molecule has 0 aliphatic carbocycles. The lowest BCUT2D eigenvalue weighted by Crippen LogP contribution is -2.34. The van der Waals surface area contributed by atoms with Crippen molar-refractivity contribution in [1.29, 1.82) is 0 Å². The zero-order valence-electron chi connectivity index (χ0n) is 17.5. The van der Waals surface area contributed by atoms with E-state index in [-0.39, 0.29) is 17.4 Å². The van der Waals surface area contributed by atoms with Crippen LogP contribution < -0.4 is 11.1 Å². The summed E-state index contributed by atoms with van der Waals surface area (Å²) in [6.45, 7) is 11.2. The van der Waals surface area contributed by atoms with Gasteiger partial charge in [-0.05, 0) is 38.2 Å². The van der Waals surface area contributed by atoms with Crippen LogP contribution in [0.15, 0.2) is 24.3 Å². The highest BCUT2D eigenvalue weighted by Crippen LogP contribution is 2.35. The van der Waals surface area contributed by atoms with E-state index in [1.807, 2.05) is 32.0 Å². The average Bonchev–Trinajstić information content (AvgIpc) is 2.92. The molecule has 0 saturated carbocycles. The smallest absolute Gasteiger partial charge is 0.220 e. The van der Waals surface area contributed by atoms with E-state index in [1.54, 1.807) is 0 Å². The highest BCUT2D eigenvalue weighted by atomic mass is 16.1. The lowest BCUT2D eigenvalue weighted by Gasteiger charge is -2.25. The number of nitrogens with two attached hydrogens (primary N) is 1. The third-order valence-corrected chi connectivity index (χ3v) is 4.88. The molecule has 2 aromatic heterocycles. The van der Waals surface area contributed by atoms with Crippen LogP contribution in [-0.4, -0.2) is 26.7 Å². The van der Waals surface area contributed by atoms with E-state index >= 15 is 0 Å². The molecular weight excluding hydrogens is 350 g/mol. The fourth-order valence-corrected chi connectivity index (χ4v) is 3.82. The number of carbonyl (C=O) groups excluding carboxylic acids is 1. The van der Waals surface area contributed by atoms with Gasteiger partial charge in [0.25, 0.3) is 0 Å². The molecule has 6 heteroatoms. The second-order valence-electron chi connectivity index (χ2n) is 8.65. The minimum absolute atomic E-state index is 0.0805. The number of benzene rings is 1. The molecule has 2 heterocycles. The number of nitrogens with zero attached hydrogens (tertiary/aromatic N) is 3. The van der Waals surface area contributed by atoms with Crippen LogP contribution in [0.2, 0.25) is 0 Å². The maximum Gasteiger partial charge on any atom is 0.220 e. The van der Waals surface area contributed by atoms with Gasteiger partial charge in [-0.2, -0.15) is 5.10 Å². The van der Waals surface area contributed by atoms with Gasteiger partial charge < -0.3 is 11.1 Å². The van der Waals surface area contributed by atoms with E-state index in [9.17, 15) is 4.79 Å². The SMILES string of the molecule is CCCn1nc2c(N)nc3ccccc3c2c1CC(C)(C)CC(=O)NC(C)C. The summed E-state index contributed by atoms with van der Waals surface area (Å²) in [4.78, 5) is 16.9. The van der Waals surface area contributed by atoms with E-state index in [2.05, 4.69) is 41.8 Å². The highest BCUT2D eigenvalue weighted by molar-refractivity contribution is 6.09. The molecule has 0 unspecified atom stereocenters. The van der Waals surface area contributed by atoms with Crippen molar-refractivity contribution in [3.63, 3.8) is 0 Å². The number of aryl methyl sites for hydroxylation is 1. The Kier molecular flexibility index (Phi) is 5.59. The Morgan fingerprint density at radius 2 is 2.00 bits per heavy atom. The number of nitrogens with one attached hydrogen (secondary N) is 1. The predicted octanol–water partition coefficient (Wildman–Crippen LogP) is 4.06. The molecule has 0 radical (unpaired) electrons. The van der Waals surface area contributed by atoms with E-state index in [0.29, 0.717) is 12.2 Å². The Hall–Kier alpha value is -2.63. The van der Waals surface area contributed by atoms with E-state index in [4.69, 9.17) is 10.8 Å². The van der Waals surface area contributed by atoms with Crippen molar-refractivity contribution in [1.82, 2.24) is 20.1 Å². The van der Waals surface area contributed by atoms with E-state index in [1.165, 1.54) is 0 Å². The molecule has 0 aliphatic rings. The first-order valence-electron chi connectivity index (χ1n) is 10.0. The van der Waals surface area contributed by atoms with Crippen molar-refractivity contribution in [2.24, 2.45) is 5.41 Å². The molecule has 1 amide bonds. The maximum atomic E-state index is 12.4. The van der Waals surface area contributed by atoms with Crippen LogP contribution in [0, 0.1) is 5.41 Å². The first-order chi connectivity index (χ1) is 13.2. The Morgan fingerprint density at radius 3 is 2.68 bits per heavy atom. The van der Waals surface area contributed by atoms with Gasteiger partial charge in [0, 0.05) is 35.5 Å². The lowest BCUT2D eigenvalue weighted by molar-refractivity contribution is -0.123. The van der Waals surface area contributed by atoms with Crippen LogP contribution in [0.4, 0.5) is 5.82 Å². The largest absolute Gasteiger partial charge is 0.382 e. The summed E-state index contributed by atoms with van der Waals surface area (Å²) < 4.78 is 2.05. The molecule has 3 N–H and O–H groups in total. The summed E-state index contributed by atoms with van der Waals surface area (Å²) >= 11 is 0. The van der Waals surface area contributed by atoms with Gasteiger partial charge in [0.05, 0.1) is 5.52 Å². The van der Waals surface area contributed by atoms with Crippen molar-refractivity contribution in [2.45, 2.75) is 66.5 Å². The normalized spacial score (nSPS) is 12.2. The van der Waals surface area contributed by atoms with Gasteiger partial charge in [-0.15, -0.1) is 0 Å². The molecule has 0 atom stereocenters. The number of anilines is 1.